The number of aromatic nitrogens is 5. The molecule has 0 fully saturated rings. The zero-order valence-corrected chi connectivity index (χ0v) is 10.5. The number of hydrogen-bond acceptors (Lipinski definition) is 3. The van der Waals surface area contributed by atoms with E-state index in [1.54, 1.807) is 0 Å². The molecule has 0 amide bonds. The molecule has 0 spiro atoms. The lowest BCUT2D eigenvalue weighted by Gasteiger charge is -2.20. The molecule has 0 N–H and O–H groups in total. The first-order valence-corrected chi connectivity index (χ1v) is 6.11. The van der Waals surface area contributed by atoms with Gasteiger partial charge in [-0.15, -0.1) is 10.2 Å². The van der Waals surface area contributed by atoms with E-state index in [0.29, 0.717) is 5.92 Å². The smallest absolute Gasteiger partial charge is 0.182 e. The van der Waals surface area contributed by atoms with Crippen molar-refractivity contribution in [2.75, 3.05) is 0 Å². The summed E-state index contributed by atoms with van der Waals surface area (Å²) in [6.45, 7) is 5.24. The summed E-state index contributed by atoms with van der Waals surface area (Å²) < 4.78 is 4.12. The van der Waals surface area contributed by atoms with Gasteiger partial charge in [0.1, 0.15) is 11.5 Å². The molecule has 5 nitrogen and oxygen atoms in total. The molecule has 1 aliphatic rings. The Hall–Kier alpha value is -1.65. The highest BCUT2D eigenvalue weighted by atomic mass is 15.3. The number of fused-ring (bicyclic) bond motifs is 1. The molecular formula is C12H17N5. The topological polar surface area (TPSA) is 48.5 Å². The largest absolute Gasteiger partial charge is 0.309 e. The second-order valence-electron chi connectivity index (χ2n) is 4.87. The predicted molar refractivity (Wildman–Crippen MR) is 64.6 cm³/mol. The van der Waals surface area contributed by atoms with Crippen LogP contribution in [0.4, 0.5) is 0 Å². The van der Waals surface area contributed by atoms with Crippen LogP contribution >= 0.6 is 0 Å². The molecule has 0 radical (unpaired) electrons. The summed E-state index contributed by atoms with van der Waals surface area (Å²) in [5.41, 5.74) is 2.07. The Bertz CT molecular complexity index is 551. The zero-order chi connectivity index (χ0) is 12.0. The van der Waals surface area contributed by atoms with Gasteiger partial charge >= 0.3 is 0 Å². The molecule has 0 aromatic carbocycles. The van der Waals surface area contributed by atoms with Crippen LogP contribution in [0.3, 0.4) is 0 Å². The summed E-state index contributed by atoms with van der Waals surface area (Å²) in [6, 6.07) is 2.07. The van der Waals surface area contributed by atoms with Crippen molar-refractivity contribution >= 4 is 0 Å². The normalized spacial score (nSPS) is 19.4. The third-order valence-corrected chi connectivity index (χ3v) is 3.47. The summed E-state index contributed by atoms with van der Waals surface area (Å²) in [5, 5.41) is 13.1. The van der Waals surface area contributed by atoms with E-state index in [1.165, 1.54) is 12.8 Å². The zero-order valence-electron chi connectivity index (χ0n) is 10.5. The Morgan fingerprint density at radius 1 is 1.35 bits per heavy atom. The monoisotopic (exact) mass is 231 g/mol. The van der Waals surface area contributed by atoms with Crippen molar-refractivity contribution in [2.24, 2.45) is 7.05 Å². The molecule has 2 aromatic rings. The molecule has 90 valence electrons. The molecule has 17 heavy (non-hydrogen) atoms. The maximum atomic E-state index is 4.37. The van der Waals surface area contributed by atoms with Gasteiger partial charge in [-0.25, -0.2) is 0 Å². The minimum Gasteiger partial charge on any atom is -0.309 e. The molecule has 2 aromatic heterocycles. The fourth-order valence-corrected chi connectivity index (χ4v) is 2.59. The van der Waals surface area contributed by atoms with Crippen LogP contribution in [0.5, 0.6) is 0 Å². The molecule has 0 bridgehead atoms. The van der Waals surface area contributed by atoms with Gasteiger partial charge in [0.05, 0.1) is 5.69 Å². The number of nitrogens with zero attached hydrogens (tertiary/aromatic N) is 5. The standard InChI is InChI=1S/C12H17N5/c1-8-5-4-6-17-11(8)13-14-12(17)10-7-9(2)15-16(10)3/h7-8H,4-6H2,1-3H3/t8-/m0/s1. The highest BCUT2D eigenvalue weighted by Gasteiger charge is 2.23. The summed E-state index contributed by atoms with van der Waals surface area (Å²) in [5.74, 6) is 2.58. The fourth-order valence-electron chi connectivity index (χ4n) is 2.59. The molecule has 3 rings (SSSR count). The van der Waals surface area contributed by atoms with Gasteiger partial charge in [0, 0.05) is 19.5 Å². The lowest BCUT2D eigenvalue weighted by atomic mass is 10.0. The molecule has 0 saturated carbocycles. The molecule has 5 heteroatoms. The van der Waals surface area contributed by atoms with Crippen molar-refractivity contribution in [3.8, 4) is 11.5 Å². The lowest BCUT2D eigenvalue weighted by Crippen LogP contribution is -2.15. The molecule has 3 heterocycles. The third kappa shape index (κ3) is 1.57. The van der Waals surface area contributed by atoms with Crippen LogP contribution in [0.25, 0.3) is 11.5 Å². The molecule has 0 unspecified atom stereocenters. The number of rotatable bonds is 1. The first-order valence-electron chi connectivity index (χ1n) is 6.11. The summed E-state index contributed by atoms with van der Waals surface area (Å²) in [6.07, 6.45) is 2.42. The van der Waals surface area contributed by atoms with E-state index >= 15 is 0 Å². The molecule has 1 aliphatic heterocycles. The Kier molecular flexibility index (Phi) is 2.28. The van der Waals surface area contributed by atoms with Crippen LogP contribution in [0.1, 0.15) is 37.2 Å². The Balaban J connectivity index is 2.13. The van der Waals surface area contributed by atoms with Gasteiger partial charge in [0.25, 0.3) is 0 Å². The summed E-state index contributed by atoms with van der Waals surface area (Å²) >= 11 is 0. The summed E-state index contributed by atoms with van der Waals surface area (Å²) in [4.78, 5) is 0. The number of hydrogen-bond donors (Lipinski definition) is 0. The van der Waals surface area contributed by atoms with Crippen molar-refractivity contribution in [1.29, 1.82) is 0 Å². The van der Waals surface area contributed by atoms with Crippen molar-refractivity contribution in [2.45, 2.75) is 39.2 Å². The molecular weight excluding hydrogens is 214 g/mol. The van der Waals surface area contributed by atoms with Gasteiger partial charge in [0.2, 0.25) is 0 Å². The highest BCUT2D eigenvalue weighted by Crippen LogP contribution is 2.29. The number of aryl methyl sites for hydroxylation is 2. The van der Waals surface area contributed by atoms with Crippen molar-refractivity contribution < 1.29 is 0 Å². The average Bonchev–Trinajstić information content (AvgIpc) is 2.83. The first kappa shape index (κ1) is 10.5. The van der Waals surface area contributed by atoms with Crippen LogP contribution in [0.15, 0.2) is 6.07 Å². The van der Waals surface area contributed by atoms with Gasteiger partial charge in [-0.1, -0.05) is 6.92 Å². The Morgan fingerprint density at radius 3 is 2.88 bits per heavy atom. The van der Waals surface area contributed by atoms with Crippen LogP contribution in [-0.2, 0) is 13.6 Å². The third-order valence-electron chi connectivity index (χ3n) is 3.47. The Morgan fingerprint density at radius 2 is 2.18 bits per heavy atom. The van der Waals surface area contributed by atoms with Gasteiger partial charge in [-0.3, -0.25) is 4.68 Å². The van der Waals surface area contributed by atoms with Crippen LogP contribution in [0.2, 0.25) is 0 Å². The van der Waals surface area contributed by atoms with E-state index in [9.17, 15) is 0 Å². The molecule has 0 aliphatic carbocycles. The van der Waals surface area contributed by atoms with Gasteiger partial charge in [-0.05, 0) is 25.8 Å². The van der Waals surface area contributed by atoms with Gasteiger partial charge < -0.3 is 4.57 Å². The van der Waals surface area contributed by atoms with E-state index in [4.69, 9.17) is 0 Å². The van der Waals surface area contributed by atoms with Crippen LogP contribution < -0.4 is 0 Å². The lowest BCUT2D eigenvalue weighted by molar-refractivity contribution is 0.465. The molecule has 1 atom stereocenters. The van der Waals surface area contributed by atoms with Crippen LogP contribution in [-0.4, -0.2) is 24.5 Å². The van der Waals surface area contributed by atoms with Gasteiger partial charge in [-0.2, -0.15) is 5.10 Å². The second-order valence-corrected chi connectivity index (χ2v) is 4.87. The maximum absolute atomic E-state index is 4.37. The first-order chi connectivity index (χ1) is 8.16. The fraction of sp³-hybridized carbons (Fsp3) is 0.583. The average molecular weight is 231 g/mol. The van der Waals surface area contributed by atoms with Crippen molar-refractivity contribution in [3.63, 3.8) is 0 Å². The van der Waals surface area contributed by atoms with E-state index in [1.807, 2.05) is 18.7 Å². The van der Waals surface area contributed by atoms with Gasteiger partial charge in [0.15, 0.2) is 5.82 Å². The van der Waals surface area contributed by atoms with E-state index in [-0.39, 0.29) is 0 Å². The minimum absolute atomic E-state index is 0.513. The quantitative estimate of drug-likeness (QED) is 0.753. The Labute approximate surface area is 100 Å². The maximum Gasteiger partial charge on any atom is 0.182 e. The highest BCUT2D eigenvalue weighted by molar-refractivity contribution is 5.51. The van der Waals surface area contributed by atoms with Crippen molar-refractivity contribution in [1.82, 2.24) is 24.5 Å². The SMILES string of the molecule is Cc1cc(-c2nnc3n2CCC[C@@H]3C)n(C)n1. The van der Waals surface area contributed by atoms with Crippen molar-refractivity contribution in [3.05, 3.63) is 17.6 Å². The minimum atomic E-state index is 0.513. The predicted octanol–water partition coefficient (Wildman–Crippen LogP) is 1.88. The van der Waals surface area contributed by atoms with E-state index in [0.717, 1.165) is 29.6 Å². The van der Waals surface area contributed by atoms with E-state index < -0.39 is 0 Å². The van der Waals surface area contributed by atoms with Crippen LogP contribution in [0, 0.1) is 6.92 Å². The summed E-state index contributed by atoms with van der Waals surface area (Å²) in [7, 11) is 1.95. The van der Waals surface area contributed by atoms with E-state index in [2.05, 4.69) is 32.9 Å². The second kappa shape index (κ2) is 3.68. The molecule has 0 saturated heterocycles.